The first-order valence-corrected chi connectivity index (χ1v) is 8.04. The van der Waals surface area contributed by atoms with Crippen molar-refractivity contribution in [2.24, 2.45) is 4.99 Å². The van der Waals surface area contributed by atoms with Gasteiger partial charge >= 0.3 is 0 Å². The van der Waals surface area contributed by atoms with Crippen LogP contribution in [0.5, 0.6) is 0 Å². The zero-order chi connectivity index (χ0) is 16.9. The van der Waals surface area contributed by atoms with Crippen LogP contribution in [0, 0.1) is 0 Å². The van der Waals surface area contributed by atoms with Crippen LogP contribution in [-0.4, -0.2) is 45.2 Å². The van der Waals surface area contributed by atoms with Crippen molar-refractivity contribution in [1.29, 1.82) is 0 Å². The Bertz CT molecular complexity index is 486. The summed E-state index contributed by atoms with van der Waals surface area (Å²) in [7, 11) is 1.76. The molecule has 0 radical (unpaired) electrons. The van der Waals surface area contributed by atoms with Gasteiger partial charge in [0.25, 0.3) is 0 Å². The number of guanidine groups is 1. The van der Waals surface area contributed by atoms with Crippen LogP contribution in [0.1, 0.15) is 25.8 Å². The Hall–Kier alpha value is -2.08. The fourth-order valence-corrected chi connectivity index (χ4v) is 2.03. The molecule has 0 saturated carbocycles. The molecule has 0 saturated heterocycles. The van der Waals surface area contributed by atoms with Crippen LogP contribution in [0.25, 0.3) is 0 Å². The van der Waals surface area contributed by atoms with E-state index >= 15 is 0 Å². The van der Waals surface area contributed by atoms with Crippen LogP contribution in [0.4, 0.5) is 5.69 Å². The van der Waals surface area contributed by atoms with Crippen molar-refractivity contribution in [3.05, 3.63) is 29.8 Å². The van der Waals surface area contributed by atoms with E-state index in [1.807, 2.05) is 31.2 Å². The highest BCUT2D eigenvalue weighted by atomic mass is 16.5. The van der Waals surface area contributed by atoms with Gasteiger partial charge in [0.05, 0.1) is 0 Å². The van der Waals surface area contributed by atoms with Gasteiger partial charge in [0.2, 0.25) is 5.91 Å². The second-order valence-electron chi connectivity index (χ2n) is 5.10. The Morgan fingerprint density at radius 2 is 1.87 bits per heavy atom. The SMILES string of the molecule is CCOCCCNC(=NC)NCCc1ccc(NC(C)=O)cc1. The molecule has 0 aromatic heterocycles. The van der Waals surface area contributed by atoms with Gasteiger partial charge in [-0.3, -0.25) is 9.79 Å². The Balaban J connectivity index is 2.24. The molecule has 1 rings (SSSR count). The van der Waals surface area contributed by atoms with Gasteiger partial charge in [-0.05, 0) is 37.5 Å². The number of rotatable bonds is 9. The van der Waals surface area contributed by atoms with Crippen molar-refractivity contribution in [1.82, 2.24) is 10.6 Å². The fraction of sp³-hybridized carbons (Fsp3) is 0.529. The lowest BCUT2D eigenvalue weighted by molar-refractivity contribution is -0.114. The largest absolute Gasteiger partial charge is 0.382 e. The first kappa shape index (κ1) is 19.0. The van der Waals surface area contributed by atoms with E-state index in [0.29, 0.717) is 0 Å². The van der Waals surface area contributed by atoms with E-state index in [2.05, 4.69) is 20.9 Å². The summed E-state index contributed by atoms with van der Waals surface area (Å²) in [5.41, 5.74) is 2.03. The molecule has 0 heterocycles. The number of amides is 1. The number of anilines is 1. The smallest absolute Gasteiger partial charge is 0.221 e. The number of nitrogens with zero attached hydrogens (tertiary/aromatic N) is 1. The van der Waals surface area contributed by atoms with Crippen molar-refractivity contribution < 1.29 is 9.53 Å². The molecule has 1 amide bonds. The van der Waals surface area contributed by atoms with Gasteiger partial charge in [0, 0.05) is 46.0 Å². The summed E-state index contributed by atoms with van der Waals surface area (Å²) in [6.45, 7) is 6.66. The number of hydrogen-bond acceptors (Lipinski definition) is 3. The highest BCUT2D eigenvalue weighted by molar-refractivity contribution is 5.88. The maximum Gasteiger partial charge on any atom is 0.221 e. The van der Waals surface area contributed by atoms with Crippen LogP contribution in [0.2, 0.25) is 0 Å². The Kier molecular flexibility index (Phi) is 9.47. The first-order valence-electron chi connectivity index (χ1n) is 8.04. The minimum absolute atomic E-state index is 0.0568. The predicted molar refractivity (Wildman–Crippen MR) is 94.9 cm³/mol. The van der Waals surface area contributed by atoms with E-state index in [-0.39, 0.29) is 5.91 Å². The predicted octanol–water partition coefficient (Wildman–Crippen LogP) is 1.78. The number of carbonyl (C=O) groups excluding carboxylic acids is 1. The monoisotopic (exact) mass is 320 g/mol. The second kappa shape index (κ2) is 11.5. The molecule has 0 spiro atoms. The Morgan fingerprint density at radius 3 is 2.48 bits per heavy atom. The second-order valence-corrected chi connectivity index (χ2v) is 5.10. The van der Waals surface area contributed by atoms with E-state index in [0.717, 1.165) is 50.8 Å². The van der Waals surface area contributed by atoms with Crippen LogP contribution in [-0.2, 0) is 16.0 Å². The zero-order valence-corrected chi connectivity index (χ0v) is 14.3. The van der Waals surface area contributed by atoms with Gasteiger partial charge in [-0.2, -0.15) is 0 Å². The average Bonchev–Trinajstić information content (AvgIpc) is 2.54. The van der Waals surface area contributed by atoms with Crippen molar-refractivity contribution in [2.45, 2.75) is 26.7 Å². The van der Waals surface area contributed by atoms with Crippen LogP contribution < -0.4 is 16.0 Å². The third-order valence-electron chi connectivity index (χ3n) is 3.17. The van der Waals surface area contributed by atoms with Crippen molar-refractivity contribution in [3.63, 3.8) is 0 Å². The minimum Gasteiger partial charge on any atom is -0.382 e. The summed E-state index contributed by atoms with van der Waals surface area (Å²) >= 11 is 0. The molecule has 0 atom stereocenters. The number of carbonyl (C=O) groups is 1. The average molecular weight is 320 g/mol. The first-order chi connectivity index (χ1) is 11.2. The van der Waals surface area contributed by atoms with Gasteiger partial charge in [0.15, 0.2) is 5.96 Å². The van der Waals surface area contributed by atoms with Gasteiger partial charge in [-0.1, -0.05) is 12.1 Å². The molecule has 0 aliphatic heterocycles. The van der Waals surface area contributed by atoms with E-state index in [4.69, 9.17) is 4.74 Å². The quantitative estimate of drug-likeness (QED) is 0.368. The number of aliphatic imine (C=N–C) groups is 1. The van der Waals surface area contributed by atoms with E-state index in [1.165, 1.54) is 12.5 Å². The molecule has 0 unspecified atom stereocenters. The number of hydrogen-bond donors (Lipinski definition) is 3. The summed E-state index contributed by atoms with van der Waals surface area (Å²) in [6, 6.07) is 7.87. The summed E-state index contributed by atoms with van der Waals surface area (Å²) < 4.78 is 5.30. The molecule has 23 heavy (non-hydrogen) atoms. The fourth-order valence-electron chi connectivity index (χ4n) is 2.03. The summed E-state index contributed by atoms with van der Waals surface area (Å²) in [5, 5.41) is 9.30. The third-order valence-corrected chi connectivity index (χ3v) is 3.17. The van der Waals surface area contributed by atoms with Crippen molar-refractivity contribution in [2.75, 3.05) is 38.7 Å². The molecule has 0 fully saturated rings. The maximum atomic E-state index is 11.0. The van der Waals surface area contributed by atoms with Crippen molar-refractivity contribution in [3.8, 4) is 0 Å². The molecule has 0 aliphatic rings. The Labute approximate surface area is 138 Å². The van der Waals surface area contributed by atoms with Gasteiger partial charge < -0.3 is 20.7 Å². The molecule has 0 bridgehead atoms. The standard InChI is InChI=1S/C17H28N4O2/c1-4-23-13-5-11-19-17(18-3)20-12-10-15-6-8-16(9-7-15)21-14(2)22/h6-9H,4-5,10-13H2,1-3H3,(H,21,22)(H2,18,19,20). The Morgan fingerprint density at radius 1 is 1.17 bits per heavy atom. The highest BCUT2D eigenvalue weighted by Crippen LogP contribution is 2.09. The number of nitrogens with one attached hydrogen (secondary N) is 3. The molecule has 1 aromatic carbocycles. The number of benzene rings is 1. The molecule has 6 nitrogen and oxygen atoms in total. The molecular formula is C17H28N4O2. The maximum absolute atomic E-state index is 11.0. The molecule has 1 aromatic rings. The highest BCUT2D eigenvalue weighted by Gasteiger charge is 1.99. The summed E-state index contributed by atoms with van der Waals surface area (Å²) in [4.78, 5) is 15.2. The lowest BCUT2D eigenvalue weighted by atomic mass is 10.1. The minimum atomic E-state index is -0.0568. The van der Waals surface area contributed by atoms with Gasteiger partial charge in [-0.15, -0.1) is 0 Å². The summed E-state index contributed by atoms with van der Waals surface area (Å²) in [6.07, 6.45) is 1.85. The van der Waals surface area contributed by atoms with Gasteiger partial charge in [-0.25, -0.2) is 0 Å². The van der Waals surface area contributed by atoms with E-state index in [1.54, 1.807) is 7.05 Å². The van der Waals surface area contributed by atoms with Crippen LogP contribution >= 0.6 is 0 Å². The van der Waals surface area contributed by atoms with Crippen molar-refractivity contribution >= 4 is 17.6 Å². The van der Waals surface area contributed by atoms with E-state index < -0.39 is 0 Å². The molecule has 128 valence electrons. The molecule has 3 N–H and O–H groups in total. The number of ether oxygens (including phenoxy) is 1. The topological polar surface area (TPSA) is 74.8 Å². The van der Waals surface area contributed by atoms with E-state index in [9.17, 15) is 4.79 Å². The van der Waals surface area contributed by atoms with Crippen LogP contribution in [0.15, 0.2) is 29.3 Å². The molecular weight excluding hydrogens is 292 g/mol. The third kappa shape index (κ3) is 8.83. The zero-order valence-electron chi connectivity index (χ0n) is 14.3. The molecule has 0 aliphatic carbocycles. The summed E-state index contributed by atoms with van der Waals surface area (Å²) in [5.74, 6) is 0.745. The lowest BCUT2D eigenvalue weighted by Gasteiger charge is -2.12. The van der Waals surface area contributed by atoms with Crippen LogP contribution in [0.3, 0.4) is 0 Å². The molecule has 6 heteroatoms. The van der Waals surface area contributed by atoms with Gasteiger partial charge in [0.1, 0.15) is 0 Å². The lowest BCUT2D eigenvalue weighted by Crippen LogP contribution is -2.39. The normalized spacial score (nSPS) is 11.2.